The summed E-state index contributed by atoms with van der Waals surface area (Å²) in [5.74, 6) is 1.79. The molecule has 0 amide bonds. The van der Waals surface area contributed by atoms with E-state index in [2.05, 4.69) is 110 Å². The summed E-state index contributed by atoms with van der Waals surface area (Å²) in [5, 5.41) is 4.94. The first-order chi connectivity index (χ1) is 14.7. The third-order valence-corrected chi connectivity index (χ3v) is 5.90. The lowest BCUT2D eigenvalue weighted by Crippen LogP contribution is -2.16. The molecular weight excluding hydrogens is 366 g/mol. The summed E-state index contributed by atoms with van der Waals surface area (Å²) in [6.07, 6.45) is 0. The second-order valence-electron chi connectivity index (χ2n) is 8.05. The van der Waals surface area contributed by atoms with Crippen LogP contribution in [0.3, 0.4) is 0 Å². The Morgan fingerprint density at radius 1 is 0.567 bits per heavy atom. The van der Waals surface area contributed by atoms with Crippen molar-refractivity contribution in [3.63, 3.8) is 0 Å². The van der Waals surface area contributed by atoms with E-state index in [0.717, 1.165) is 22.9 Å². The Kier molecular flexibility index (Phi) is 3.63. The Hall–Kier alpha value is -3.78. The third kappa shape index (κ3) is 2.50. The van der Waals surface area contributed by atoms with Crippen LogP contribution in [0.15, 0.2) is 91.0 Å². The number of nitrogens with zero attached hydrogens (tertiary/aromatic N) is 1. The lowest BCUT2D eigenvalue weighted by molar-refractivity contribution is 0.476. The van der Waals surface area contributed by atoms with Crippen molar-refractivity contribution in [3.8, 4) is 11.5 Å². The molecule has 0 atom stereocenters. The van der Waals surface area contributed by atoms with E-state index in [4.69, 9.17) is 4.74 Å². The van der Waals surface area contributed by atoms with Gasteiger partial charge in [0.15, 0.2) is 11.5 Å². The van der Waals surface area contributed by atoms with Gasteiger partial charge in [-0.2, -0.15) is 0 Å². The monoisotopic (exact) mass is 387 g/mol. The average Bonchev–Trinajstić information content (AvgIpc) is 2.76. The fraction of sp³-hybridized carbons (Fsp3) is 0.0714. The number of anilines is 3. The maximum Gasteiger partial charge on any atom is 0.151 e. The molecule has 144 valence electrons. The van der Waals surface area contributed by atoms with Gasteiger partial charge in [0, 0.05) is 10.8 Å². The summed E-state index contributed by atoms with van der Waals surface area (Å²) in [6.45, 7) is 4.21. The Labute approximate surface area is 176 Å². The van der Waals surface area contributed by atoms with Crippen LogP contribution in [0.5, 0.6) is 11.5 Å². The number of hydrogen-bond acceptors (Lipinski definition) is 2. The zero-order valence-electron chi connectivity index (χ0n) is 17.0. The van der Waals surface area contributed by atoms with E-state index in [-0.39, 0.29) is 0 Å². The molecule has 6 rings (SSSR count). The highest BCUT2D eigenvalue weighted by Gasteiger charge is 2.28. The van der Waals surface area contributed by atoms with Gasteiger partial charge in [-0.05, 0) is 66.1 Å². The molecule has 30 heavy (non-hydrogen) atoms. The van der Waals surface area contributed by atoms with E-state index in [9.17, 15) is 0 Å². The minimum Gasteiger partial charge on any atom is -0.453 e. The summed E-state index contributed by atoms with van der Waals surface area (Å²) >= 11 is 0. The van der Waals surface area contributed by atoms with Crippen LogP contribution < -0.4 is 9.64 Å². The molecule has 2 heteroatoms. The predicted molar refractivity (Wildman–Crippen MR) is 126 cm³/mol. The van der Waals surface area contributed by atoms with Gasteiger partial charge in [-0.25, -0.2) is 0 Å². The quantitative estimate of drug-likeness (QED) is 0.264. The lowest BCUT2D eigenvalue weighted by atomic mass is 9.98. The van der Waals surface area contributed by atoms with Crippen LogP contribution in [-0.4, -0.2) is 0 Å². The largest absolute Gasteiger partial charge is 0.453 e. The molecule has 0 spiro atoms. The van der Waals surface area contributed by atoms with Gasteiger partial charge >= 0.3 is 0 Å². The van der Waals surface area contributed by atoms with Crippen LogP contribution in [0.1, 0.15) is 11.1 Å². The normalized spacial score (nSPS) is 12.5. The van der Waals surface area contributed by atoms with Crippen molar-refractivity contribution in [1.29, 1.82) is 0 Å². The number of hydrogen-bond donors (Lipinski definition) is 0. The summed E-state index contributed by atoms with van der Waals surface area (Å²) < 4.78 is 6.37. The minimum absolute atomic E-state index is 0.894. The molecule has 0 saturated carbocycles. The predicted octanol–water partition coefficient (Wildman–Crippen LogP) is 8.19. The Morgan fingerprint density at radius 3 is 1.60 bits per heavy atom. The van der Waals surface area contributed by atoms with Gasteiger partial charge in [0.05, 0.1) is 17.1 Å². The van der Waals surface area contributed by atoms with Gasteiger partial charge in [-0.1, -0.05) is 60.7 Å². The Morgan fingerprint density at radius 2 is 1.07 bits per heavy atom. The van der Waals surface area contributed by atoms with E-state index in [1.807, 2.05) is 0 Å². The second-order valence-corrected chi connectivity index (χ2v) is 8.05. The molecule has 5 aromatic carbocycles. The molecule has 5 aromatic rings. The highest BCUT2D eigenvalue weighted by molar-refractivity contribution is 6.15. The minimum atomic E-state index is 0.894. The molecule has 0 fully saturated rings. The molecule has 1 heterocycles. The summed E-state index contributed by atoms with van der Waals surface area (Å²) in [4.78, 5) is 2.37. The molecule has 0 aliphatic carbocycles. The topological polar surface area (TPSA) is 12.5 Å². The lowest BCUT2D eigenvalue weighted by Gasteiger charge is -2.34. The van der Waals surface area contributed by atoms with Crippen LogP contribution >= 0.6 is 0 Å². The average molecular weight is 387 g/mol. The molecule has 2 nitrogen and oxygen atoms in total. The SMILES string of the molecule is Cc1ccc2c(c1)Oc1cc(C)ccc1N2c1c2ccccc2cc2ccccc12. The summed E-state index contributed by atoms with van der Waals surface area (Å²) in [6, 6.07) is 32.4. The first-order valence-electron chi connectivity index (χ1n) is 10.3. The zero-order chi connectivity index (χ0) is 20.2. The van der Waals surface area contributed by atoms with Crippen LogP contribution in [0.2, 0.25) is 0 Å². The van der Waals surface area contributed by atoms with Crippen LogP contribution in [0.25, 0.3) is 21.5 Å². The maximum atomic E-state index is 6.37. The maximum absolute atomic E-state index is 6.37. The fourth-order valence-electron chi connectivity index (χ4n) is 4.50. The van der Waals surface area contributed by atoms with E-state index < -0.39 is 0 Å². The number of aryl methyl sites for hydroxylation is 2. The molecule has 0 bridgehead atoms. The van der Waals surface area contributed by atoms with Crippen molar-refractivity contribution in [2.45, 2.75) is 13.8 Å². The molecule has 0 saturated heterocycles. The molecular formula is C28H21NO. The number of benzene rings is 5. The Bertz CT molecular complexity index is 1350. The van der Waals surface area contributed by atoms with Crippen molar-refractivity contribution in [3.05, 3.63) is 102 Å². The molecule has 0 unspecified atom stereocenters. The molecule has 0 N–H and O–H groups in total. The van der Waals surface area contributed by atoms with Crippen LogP contribution in [-0.2, 0) is 0 Å². The summed E-state index contributed by atoms with van der Waals surface area (Å²) in [5.41, 5.74) is 5.71. The van der Waals surface area contributed by atoms with Gasteiger partial charge < -0.3 is 9.64 Å². The first kappa shape index (κ1) is 17.1. The fourth-order valence-corrected chi connectivity index (χ4v) is 4.50. The van der Waals surface area contributed by atoms with Crippen molar-refractivity contribution in [2.24, 2.45) is 0 Å². The van der Waals surface area contributed by atoms with E-state index in [1.54, 1.807) is 0 Å². The van der Waals surface area contributed by atoms with Gasteiger partial charge in [-0.3, -0.25) is 0 Å². The zero-order valence-corrected chi connectivity index (χ0v) is 17.0. The number of fused-ring (bicyclic) bond motifs is 4. The van der Waals surface area contributed by atoms with Crippen LogP contribution in [0, 0.1) is 13.8 Å². The smallest absolute Gasteiger partial charge is 0.151 e. The van der Waals surface area contributed by atoms with E-state index >= 15 is 0 Å². The number of ether oxygens (including phenoxy) is 1. The molecule has 0 aromatic heterocycles. The van der Waals surface area contributed by atoms with Crippen molar-refractivity contribution in [2.75, 3.05) is 4.90 Å². The highest BCUT2D eigenvalue weighted by atomic mass is 16.5. The molecule has 1 aliphatic rings. The first-order valence-corrected chi connectivity index (χ1v) is 10.3. The van der Waals surface area contributed by atoms with Crippen molar-refractivity contribution in [1.82, 2.24) is 0 Å². The number of rotatable bonds is 1. The van der Waals surface area contributed by atoms with Gasteiger partial charge in [0.2, 0.25) is 0 Å². The van der Waals surface area contributed by atoms with Crippen molar-refractivity contribution < 1.29 is 4.74 Å². The highest BCUT2D eigenvalue weighted by Crippen LogP contribution is 2.53. The molecule has 0 radical (unpaired) electrons. The Balaban J connectivity index is 1.77. The van der Waals surface area contributed by atoms with Gasteiger partial charge in [-0.15, -0.1) is 0 Å². The third-order valence-electron chi connectivity index (χ3n) is 5.90. The van der Waals surface area contributed by atoms with Gasteiger partial charge in [0.25, 0.3) is 0 Å². The van der Waals surface area contributed by atoms with E-state index in [1.165, 1.54) is 38.4 Å². The second kappa shape index (κ2) is 6.36. The molecule has 1 aliphatic heterocycles. The standard InChI is InChI=1S/C28H21NO/c1-18-11-13-24-26(15-18)30-27-16-19(2)12-14-25(27)29(24)28-22-9-5-3-7-20(22)17-21-8-4-6-10-23(21)28/h3-17H,1-2H3. The van der Waals surface area contributed by atoms with Crippen molar-refractivity contribution >= 4 is 38.6 Å². The van der Waals surface area contributed by atoms with Gasteiger partial charge in [0.1, 0.15) is 0 Å². The van der Waals surface area contributed by atoms with E-state index in [0.29, 0.717) is 0 Å². The summed E-state index contributed by atoms with van der Waals surface area (Å²) in [7, 11) is 0. The van der Waals surface area contributed by atoms with Crippen LogP contribution in [0.4, 0.5) is 17.1 Å².